The smallest absolute Gasteiger partial charge is 0.405 e. The second kappa shape index (κ2) is 5.09. The van der Waals surface area contributed by atoms with Crippen molar-refractivity contribution in [2.45, 2.75) is 17.2 Å². The van der Waals surface area contributed by atoms with Crippen LogP contribution in [0.5, 0.6) is 5.75 Å². The quantitative estimate of drug-likeness (QED) is 0.900. The largest absolute Gasteiger partial charge is 0.479 e. The monoisotopic (exact) mass is 277 g/mol. The number of nitrogens with one attached hydrogen (secondary N) is 1. The molecule has 0 spiro atoms. The van der Waals surface area contributed by atoms with Crippen LogP contribution < -0.4 is 10.1 Å². The van der Waals surface area contributed by atoms with Crippen molar-refractivity contribution in [2.75, 3.05) is 12.3 Å². The lowest BCUT2D eigenvalue weighted by molar-refractivity contribution is -0.142. The number of carbonyl (C=O) groups excluding carboxylic acids is 1. The molecule has 1 aliphatic heterocycles. The lowest BCUT2D eigenvalue weighted by atomic mass is 10.3. The van der Waals surface area contributed by atoms with E-state index in [2.05, 4.69) is 0 Å². The van der Waals surface area contributed by atoms with E-state index in [0.717, 1.165) is 4.90 Å². The molecule has 0 saturated carbocycles. The van der Waals surface area contributed by atoms with Crippen LogP contribution in [0.2, 0.25) is 0 Å². The molecule has 7 heteroatoms. The van der Waals surface area contributed by atoms with E-state index in [4.69, 9.17) is 4.74 Å². The summed E-state index contributed by atoms with van der Waals surface area (Å²) in [5.74, 6) is 0.0935. The number of carbonyl (C=O) groups is 1. The SMILES string of the molecule is O=C(NCC(F)(F)F)C1CSc2ccccc2O1. The number of hydrogen-bond donors (Lipinski definition) is 1. The molecule has 1 amide bonds. The molecule has 0 radical (unpaired) electrons. The molecule has 1 aliphatic rings. The molecule has 0 bridgehead atoms. The van der Waals surface area contributed by atoms with Crippen LogP contribution >= 0.6 is 11.8 Å². The molecule has 0 fully saturated rings. The summed E-state index contributed by atoms with van der Waals surface area (Å²) in [5.41, 5.74) is 0. The van der Waals surface area contributed by atoms with Crippen LogP contribution in [-0.4, -0.2) is 30.5 Å². The maximum absolute atomic E-state index is 12.0. The van der Waals surface area contributed by atoms with Gasteiger partial charge < -0.3 is 10.1 Å². The first-order chi connectivity index (χ1) is 8.46. The highest BCUT2D eigenvalue weighted by molar-refractivity contribution is 7.99. The number of benzene rings is 1. The van der Waals surface area contributed by atoms with Crippen LogP contribution in [0, 0.1) is 0 Å². The van der Waals surface area contributed by atoms with Gasteiger partial charge in [0.15, 0.2) is 6.10 Å². The topological polar surface area (TPSA) is 38.3 Å². The summed E-state index contributed by atoms with van der Waals surface area (Å²) in [5, 5.41) is 1.82. The Hall–Kier alpha value is -1.37. The Kier molecular flexibility index (Phi) is 3.70. The minimum Gasteiger partial charge on any atom is -0.479 e. The lowest BCUT2D eigenvalue weighted by Crippen LogP contribution is -2.44. The zero-order chi connectivity index (χ0) is 13.2. The molecule has 2 rings (SSSR count). The average Bonchev–Trinajstić information content (AvgIpc) is 2.34. The fraction of sp³-hybridized carbons (Fsp3) is 0.364. The van der Waals surface area contributed by atoms with Gasteiger partial charge in [0.25, 0.3) is 5.91 Å². The van der Waals surface area contributed by atoms with Gasteiger partial charge in [0, 0.05) is 10.6 Å². The van der Waals surface area contributed by atoms with Gasteiger partial charge in [-0.1, -0.05) is 12.1 Å². The van der Waals surface area contributed by atoms with Gasteiger partial charge in [0.05, 0.1) is 0 Å². The van der Waals surface area contributed by atoms with Crippen molar-refractivity contribution in [3.05, 3.63) is 24.3 Å². The van der Waals surface area contributed by atoms with Gasteiger partial charge in [-0.15, -0.1) is 11.8 Å². The molecule has 1 aromatic carbocycles. The molecule has 3 nitrogen and oxygen atoms in total. The van der Waals surface area contributed by atoms with Gasteiger partial charge in [-0.3, -0.25) is 4.79 Å². The Morgan fingerprint density at radius 1 is 1.44 bits per heavy atom. The Labute approximate surface area is 106 Å². The van der Waals surface area contributed by atoms with E-state index in [1.807, 2.05) is 17.4 Å². The number of alkyl halides is 3. The van der Waals surface area contributed by atoms with E-state index in [1.54, 1.807) is 12.1 Å². The number of rotatable bonds is 2. The minimum atomic E-state index is -4.41. The van der Waals surface area contributed by atoms with E-state index < -0.39 is 24.7 Å². The van der Waals surface area contributed by atoms with Gasteiger partial charge in [0.2, 0.25) is 0 Å². The highest BCUT2D eigenvalue weighted by atomic mass is 32.2. The number of amides is 1. The number of ether oxygens (including phenoxy) is 1. The van der Waals surface area contributed by atoms with Crippen molar-refractivity contribution in [1.82, 2.24) is 5.32 Å². The Morgan fingerprint density at radius 2 is 2.17 bits per heavy atom. The van der Waals surface area contributed by atoms with Crippen molar-refractivity contribution in [1.29, 1.82) is 0 Å². The van der Waals surface area contributed by atoms with Crippen LogP contribution in [0.25, 0.3) is 0 Å². The zero-order valence-electron chi connectivity index (χ0n) is 9.16. The molecule has 1 atom stereocenters. The van der Waals surface area contributed by atoms with Crippen LogP contribution in [0.15, 0.2) is 29.2 Å². The fourth-order valence-electron chi connectivity index (χ4n) is 1.45. The van der Waals surface area contributed by atoms with E-state index in [0.29, 0.717) is 11.5 Å². The van der Waals surface area contributed by atoms with Gasteiger partial charge in [-0.25, -0.2) is 0 Å². The van der Waals surface area contributed by atoms with Crippen LogP contribution in [-0.2, 0) is 4.79 Å². The lowest BCUT2D eigenvalue weighted by Gasteiger charge is -2.24. The Balaban J connectivity index is 1.95. The summed E-state index contributed by atoms with van der Waals surface area (Å²) in [6.07, 6.45) is -5.29. The molecule has 0 aliphatic carbocycles. The first-order valence-corrected chi connectivity index (χ1v) is 6.17. The summed E-state index contributed by atoms with van der Waals surface area (Å²) >= 11 is 1.39. The highest BCUT2D eigenvalue weighted by Crippen LogP contribution is 2.34. The number of hydrogen-bond acceptors (Lipinski definition) is 3. The van der Waals surface area contributed by atoms with Gasteiger partial charge >= 0.3 is 6.18 Å². The molecule has 1 heterocycles. The molecule has 98 valence electrons. The molecule has 1 aromatic rings. The molecule has 1 N–H and O–H groups in total. The number of halogens is 3. The van der Waals surface area contributed by atoms with Crippen molar-refractivity contribution < 1.29 is 22.7 Å². The summed E-state index contributed by atoms with van der Waals surface area (Å²) in [7, 11) is 0. The van der Waals surface area contributed by atoms with Crippen LogP contribution in [0.4, 0.5) is 13.2 Å². The summed E-state index contributed by atoms with van der Waals surface area (Å²) < 4.78 is 41.2. The zero-order valence-corrected chi connectivity index (χ0v) is 9.98. The number of para-hydroxylation sites is 1. The summed E-state index contributed by atoms with van der Waals surface area (Å²) in [6, 6.07) is 7.10. The summed E-state index contributed by atoms with van der Waals surface area (Å²) in [4.78, 5) is 12.4. The van der Waals surface area contributed by atoms with Crippen molar-refractivity contribution in [3.8, 4) is 5.75 Å². The molecule has 0 aromatic heterocycles. The third kappa shape index (κ3) is 3.32. The van der Waals surface area contributed by atoms with Crippen LogP contribution in [0.3, 0.4) is 0 Å². The van der Waals surface area contributed by atoms with E-state index >= 15 is 0 Å². The average molecular weight is 277 g/mol. The standard InChI is InChI=1S/C11H10F3NO2S/c12-11(13,14)6-15-10(16)8-5-18-9-4-2-1-3-7(9)17-8/h1-4,8H,5-6H2,(H,15,16). The summed E-state index contributed by atoms with van der Waals surface area (Å²) in [6.45, 7) is -1.34. The Bertz CT molecular complexity index is 450. The fourth-order valence-corrected chi connectivity index (χ4v) is 2.43. The molecule has 0 saturated heterocycles. The second-order valence-corrected chi connectivity index (χ2v) is 4.76. The first-order valence-electron chi connectivity index (χ1n) is 5.19. The van der Waals surface area contributed by atoms with Gasteiger partial charge in [-0.2, -0.15) is 13.2 Å². The molecule has 18 heavy (non-hydrogen) atoms. The van der Waals surface area contributed by atoms with Crippen molar-refractivity contribution in [2.24, 2.45) is 0 Å². The van der Waals surface area contributed by atoms with Crippen molar-refractivity contribution >= 4 is 17.7 Å². The number of thioether (sulfide) groups is 1. The third-order valence-corrected chi connectivity index (χ3v) is 3.38. The van der Waals surface area contributed by atoms with E-state index in [1.165, 1.54) is 11.8 Å². The Morgan fingerprint density at radius 3 is 2.89 bits per heavy atom. The van der Waals surface area contributed by atoms with E-state index in [9.17, 15) is 18.0 Å². The predicted molar refractivity (Wildman–Crippen MR) is 60.6 cm³/mol. The third-order valence-electron chi connectivity index (χ3n) is 2.26. The van der Waals surface area contributed by atoms with Gasteiger partial charge in [0.1, 0.15) is 12.3 Å². The van der Waals surface area contributed by atoms with E-state index in [-0.39, 0.29) is 0 Å². The highest BCUT2D eigenvalue weighted by Gasteiger charge is 2.31. The van der Waals surface area contributed by atoms with Gasteiger partial charge in [-0.05, 0) is 12.1 Å². The normalized spacial score (nSPS) is 18.7. The maximum atomic E-state index is 12.0. The molecular weight excluding hydrogens is 267 g/mol. The maximum Gasteiger partial charge on any atom is 0.405 e. The van der Waals surface area contributed by atoms with Crippen molar-refractivity contribution in [3.63, 3.8) is 0 Å². The molecular formula is C11H10F3NO2S. The van der Waals surface area contributed by atoms with Crippen LogP contribution in [0.1, 0.15) is 0 Å². The second-order valence-electron chi connectivity index (χ2n) is 3.70. The minimum absolute atomic E-state index is 0.306. The molecule has 1 unspecified atom stereocenters. The number of fused-ring (bicyclic) bond motifs is 1. The first kappa shape index (κ1) is 13.1. The predicted octanol–water partition coefficient (Wildman–Crippen LogP) is 2.22.